The number of methoxy groups -OCH3 is 1. The fourth-order valence-electron chi connectivity index (χ4n) is 2.49. The van der Waals surface area contributed by atoms with Crippen LogP contribution in [0.3, 0.4) is 0 Å². The molecule has 1 aromatic heterocycles. The molecule has 1 aromatic carbocycles. The predicted molar refractivity (Wildman–Crippen MR) is 80.6 cm³/mol. The van der Waals surface area contributed by atoms with Gasteiger partial charge in [-0.25, -0.2) is 4.98 Å². The minimum absolute atomic E-state index is 0.508. The predicted octanol–water partition coefficient (Wildman–Crippen LogP) is 2.53. The van der Waals surface area contributed by atoms with Gasteiger partial charge in [-0.1, -0.05) is 12.1 Å². The summed E-state index contributed by atoms with van der Waals surface area (Å²) < 4.78 is 13.7. The van der Waals surface area contributed by atoms with Crippen molar-refractivity contribution < 1.29 is 9.47 Å². The first-order valence-corrected chi connectivity index (χ1v) is 7.27. The Morgan fingerprint density at radius 2 is 2.24 bits per heavy atom. The van der Waals surface area contributed by atoms with Gasteiger partial charge < -0.3 is 19.4 Å². The summed E-state index contributed by atoms with van der Waals surface area (Å²) in [5.41, 5.74) is 2.20. The molecule has 0 amide bonds. The van der Waals surface area contributed by atoms with E-state index in [9.17, 15) is 0 Å². The normalized spacial score (nSPS) is 14.2. The highest BCUT2D eigenvalue weighted by Gasteiger charge is 2.25. The number of nitrogens with one attached hydrogen (secondary N) is 1. The number of rotatable bonds is 7. The fourth-order valence-corrected chi connectivity index (χ4v) is 2.49. The maximum Gasteiger partial charge on any atom is 0.166 e. The third-order valence-electron chi connectivity index (χ3n) is 3.70. The van der Waals surface area contributed by atoms with E-state index in [1.54, 1.807) is 7.11 Å². The molecule has 1 fully saturated rings. The van der Waals surface area contributed by atoms with Gasteiger partial charge in [-0.3, -0.25) is 0 Å². The Kier molecular flexibility index (Phi) is 4.10. The van der Waals surface area contributed by atoms with Gasteiger partial charge in [-0.05, 0) is 26.0 Å². The number of ether oxygens (including phenoxy) is 2. The minimum atomic E-state index is 0.508. The molecule has 21 heavy (non-hydrogen) atoms. The van der Waals surface area contributed by atoms with Crippen LogP contribution in [0.2, 0.25) is 0 Å². The summed E-state index contributed by atoms with van der Waals surface area (Å²) in [5.74, 6) is 1.57. The number of imidazole rings is 1. The van der Waals surface area contributed by atoms with Gasteiger partial charge in [-0.15, -0.1) is 0 Å². The van der Waals surface area contributed by atoms with Crippen molar-refractivity contribution in [2.24, 2.45) is 0 Å². The zero-order valence-corrected chi connectivity index (χ0v) is 12.5. The number of benzene rings is 1. The maximum atomic E-state index is 6.05. The summed E-state index contributed by atoms with van der Waals surface area (Å²) in [5, 5.41) is 3.16. The van der Waals surface area contributed by atoms with E-state index < -0.39 is 0 Å². The SMILES string of the molecule is CNCc1cccc(OC)c1OCc1cncn1C1CC1. The summed E-state index contributed by atoms with van der Waals surface area (Å²) in [6.07, 6.45) is 6.25. The average Bonchev–Trinajstić information content (AvgIpc) is 3.25. The summed E-state index contributed by atoms with van der Waals surface area (Å²) in [7, 11) is 3.59. The first-order chi connectivity index (χ1) is 10.3. The molecule has 2 aromatic rings. The van der Waals surface area contributed by atoms with Crippen molar-refractivity contribution in [1.29, 1.82) is 0 Å². The van der Waals surface area contributed by atoms with Crippen molar-refractivity contribution in [3.63, 3.8) is 0 Å². The van der Waals surface area contributed by atoms with E-state index in [1.807, 2.05) is 37.8 Å². The van der Waals surface area contributed by atoms with E-state index in [0.717, 1.165) is 29.3 Å². The monoisotopic (exact) mass is 287 g/mol. The molecule has 0 saturated heterocycles. The lowest BCUT2D eigenvalue weighted by Gasteiger charge is -2.15. The minimum Gasteiger partial charge on any atom is -0.493 e. The van der Waals surface area contributed by atoms with Gasteiger partial charge in [0, 0.05) is 18.2 Å². The van der Waals surface area contributed by atoms with Gasteiger partial charge in [-0.2, -0.15) is 0 Å². The first kappa shape index (κ1) is 13.9. The lowest BCUT2D eigenvalue weighted by Crippen LogP contribution is -2.10. The molecular formula is C16H21N3O2. The lowest BCUT2D eigenvalue weighted by atomic mass is 10.2. The summed E-state index contributed by atoms with van der Waals surface area (Å²) in [6, 6.07) is 6.56. The molecule has 0 spiro atoms. The lowest BCUT2D eigenvalue weighted by molar-refractivity contribution is 0.272. The van der Waals surface area contributed by atoms with Crippen LogP contribution in [0.1, 0.15) is 30.1 Å². The summed E-state index contributed by atoms with van der Waals surface area (Å²) >= 11 is 0. The van der Waals surface area contributed by atoms with Crippen LogP contribution < -0.4 is 14.8 Å². The van der Waals surface area contributed by atoms with Crippen molar-refractivity contribution >= 4 is 0 Å². The molecule has 0 unspecified atom stereocenters. The summed E-state index contributed by atoms with van der Waals surface area (Å²) in [4.78, 5) is 4.24. The quantitative estimate of drug-likeness (QED) is 0.850. The van der Waals surface area contributed by atoms with E-state index in [2.05, 4.69) is 14.9 Å². The van der Waals surface area contributed by atoms with Gasteiger partial charge >= 0.3 is 0 Å². The van der Waals surface area contributed by atoms with E-state index in [4.69, 9.17) is 9.47 Å². The molecule has 5 heteroatoms. The molecule has 0 atom stereocenters. The highest BCUT2D eigenvalue weighted by atomic mass is 16.5. The number of hydrogen-bond acceptors (Lipinski definition) is 4. The van der Waals surface area contributed by atoms with Crippen molar-refractivity contribution in [1.82, 2.24) is 14.9 Å². The Morgan fingerprint density at radius 1 is 1.38 bits per heavy atom. The van der Waals surface area contributed by atoms with E-state index in [-0.39, 0.29) is 0 Å². The average molecular weight is 287 g/mol. The van der Waals surface area contributed by atoms with Crippen LogP contribution in [0, 0.1) is 0 Å². The molecule has 5 nitrogen and oxygen atoms in total. The van der Waals surface area contributed by atoms with Crippen LogP contribution in [-0.2, 0) is 13.2 Å². The largest absolute Gasteiger partial charge is 0.493 e. The van der Waals surface area contributed by atoms with Crippen LogP contribution in [0.4, 0.5) is 0 Å². The Morgan fingerprint density at radius 3 is 2.95 bits per heavy atom. The standard InChI is InChI=1S/C16H21N3O2/c1-17-8-12-4-3-5-15(20-2)16(12)21-10-14-9-18-11-19(14)13-6-7-13/h3-5,9,11,13,17H,6-8,10H2,1-2H3. The zero-order chi connectivity index (χ0) is 14.7. The van der Waals surface area contributed by atoms with Crippen LogP contribution in [-0.4, -0.2) is 23.7 Å². The Bertz CT molecular complexity index is 605. The van der Waals surface area contributed by atoms with Crippen molar-refractivity contribution in [3.05, 3.63) is 42.0 Å². The molecule has 0 aliphatic heterocycles. The molecule has 0 radical (unpaired) electrons. The van der Waals surface area contributed by atoms with Gasteiger partial charge in [0.1, 0.15) is 6.61 Å². The Balaban J connectivity index is 1.78. The maximum absolute atomic E-state index is 6.05. The van der Waals surface area contributed by atoms with Crippen molar-refractivity contribution in [2.45, 2.75) is 32.0 Å². The molecule has 1 saturated carbocycles. The number of aromatic nitrogens is 2. The van der Waals surface area contributed by atoms with Crippen LogP contribution in [0.15, 0.2) is 30.7 Å². The smallest absolute Gasteiger partial charge is 0.166 e. The van der Waals surface area contributed by atoms with E-state index in [0.29, 0.717) is 12.6 Å². The highest BCUT2D eigenvalue weighted by Crippen LogP contribution is 2.36. The Labute approximate surface area is 124 Å². The van der Waals surface area contributed by atoms with Gasteiger partial charge in [0.15, 0.2) is 11.5 Å². The second-order valence-electron chi connectivity index (χ2n) is 5.29. The van der Waals surface area contributed by atoms with Gasteiger partial charge in [0.2, 0.25) is 0 Å². The third-order valence-corrected chi connectivity index (χ3v) is 3.70. The molecule has 1 heterocycles. The van der Waals surface area contributed by atoms with Gasteiger partial charge in [0.05, 0.1) is 25.3 Å². The molecule has 112 valence electrons. The molecule has 0 bridgehead atoms. The topological polar surface area (TPSA) is 48.3 Å². The van der Waals surface area contributed by atoms with Crippen LogP contribution in [0.25, 0.3) is 0 Å². The first-order valence-electron chi connectivity index (χ1n) is 7.27. The van der Waals surface area contributed by atoms with Crippen LogP contribution >= 0.6 is 0 Å². The molecular weight excluding hydrogens is 266 g/mol. The van der Waals surface area contributed by atoms with E-state index in [1.165, 1.54) is 12.8 Å². The van der Waals surface area contributed by atoms with Crippen molar-refractivity contribution in [2.75, 3.05) is 14.2 Å². The fraction of sp³-hybridized carbons (Fsp3) is 0.438. The molecule has 3 rings (SSSR count). The second kappa shape index (κ2) is 6.18. The molecule has 1 aliphatic carbocycles. The Hall–Kier alpha value is -2.01. The second-order valence-corrected chi connectivity index (χ2v) is 5.29. The number of para-hydroxylation sites is 1. The summed E-state index contributed by atoms with van der Waals surface area (Å²) in [6.45, 7) is 1.25. The molecule has 1 N–H and O–H groups in total. The third kappa shape index (κ3) is 3.03. The van der Waals surface area contributed by atoms with Crippen molar-refractivity contribution in [3.8, 4) is 11.5 Å². The highest BCUT2D eigenvalue weighted by molar-refractivity contribution is 5.46. The van der Waals surface area contributed by atoms with E-state index >= 15 is 0 Å². The zero-order valence-electron chi connectivity index (χ0n) is 12.5. The molecule has 1 aliphatic rings. The number of hydrogen-bond donors (Lipinski definition) is 1. The number of nitrogens with zero attached hydrogens (tertiary/aromatic N) is 2. The van der Waals surface area contributed by atoms with Gasteiger partial charge in [0.25, 0.3) is 0 Å². The van der Waals surface area contributed by atoms with Crippen LogP contribution in [0.5, 0.6) is 11.5 Å².